The van der Waals surface area contributed by atoms with Crippen molar-refractivity contribution in [1.82, 2.24) is 15.2 Å². The molecule has 15 heteroatoms. The van der Waals surface area contributed by atoms with Crippen molar-refractivity contribution in [2.45, 2.75) is 44.7 Å². The number of rotatable bonds is 8. The number of nitrogens with one attached hydrogen (secondary N) is 1. The number of amides is 2. The molecule has 1 fully saturated rings. The molecule has 11 nitrogen and oxygen atoms in total. The lowest BCUT2D eigenvalue weighted by Gasteiger charge is -2.49. The highest BCUT2D eigenvalue weighted by atomic mass is 127. The first-order valence-electron chi connectivity index (χ1n) is 9.82. The van der Waals surface area contributed by atoms with Crippen molar-refractivity contribution >= 4 is 82.1 Å². The summed E-state index contributed by atoms with van der Waals surface area (Å²) in [5.74, 6) is -2.67. The molecule has 34 heavy (non-hydrogen) atoms. The number of nitrogens with zero attached hydrogens (tertiary/aromatic N) is 3. The van der Waals surface area contributed by atoms with Gasteiger partial charge in [0.1, 0.15) is 22.8 Å². The van der Waals surface area contributed by atoms with Crippen molar-refractivity contribution in [2.24, 2.45) is 5.16 Å². The molecule has 0 aromatic carbocycles. The Labute approximate surface area is 216 Å². The number of halogens is 1. The van der Waals surface area contributed by atoms with Crippen molar-refractivity contribution in [3.8, 4) is 0 Å². The van der Waals surface area contributed by atoms with Gasteiger partial charge < -0.3 is 14.8 Å². The number of hydrogen-bond donors (Lipinski definition) is 1. The lowest BCUT2D eigenvalue weighted by Crippen LogP contribution is -2.74. The van der Waals surface area contributed by atoms with Crippen molar-refractivity contribution in [2.75, 3.05) is 10.2 Å². The van der Waals surface area contributed by atoms with Gasteiger partial charge in [0.05, 0.1) is 21.6 Å². The summed E-state index contributed by atoms with van der Waals surface area (Å²) >= 11 is 3.25. The van der Waals surface area contributed by atoms with Crippen LogP contribution in [0.15, 0.2) is 21.8 Å². The summed E-state index contributed by atoms with van der Waals surface area (Å²) in [5, 5.41) is 7.64. The fourth-order valence-electron chi connectivity index (χ4n) is 3.11. The molecular weight excluding hydrogens is 598 g/mol. The highest BCUT2D eigenvalue weighted by Crippen LogP contribution is 2.35. The number of alkyl halides is 1. The molecule has 2 radical (unpaired) electrons. The molecular formula is C19H20BIN4O7S2. The van der Waals surface area contributed by atoms with E-state index < -0.39 is 45.6 Å². The number of ketones is 1. The molecule has 2 aliphatic heterocycles. The molecule has 1 aromatic rings. The lowest BCUT2D eigenvalue weighted by molar-refractivity contribution is -0.149. The van der Waals surface area contributed by atoms with E-state index in [1.807, 2.05) is 22.6 Å². The van der Waals surface area contributed by atoms with Gasteiger partial charge in [-0.05, 0) is 33.3 Å². The number of aromatic nitrogens is 1. The Kier molecular flexibility index (Phi) is 7.97. The quantitative estimate of drug-likeness (QED) is 0.109. The first-order chi connectivity index (χ1) is 15.9. The second-order valence-corrected chi connectivity index (χ2v) is 11.3. The SMILES string of the molecule is [B]OC(=O)C1=C(CI)CS(=O)[C@@H]2[C@H](NC(=O)/C(=N/OC(C)(C)C(C)=O)c3csc(C)n3)C(=O)N12. The van der Waals surface area contributed by atoms with Crippen molar-refractivity contribution in [3.63, 3.8) is 0 Å². The minimum Gasteiger partial charge on any atom is -0.539 e. The lowest BCUT2D eigenvalue weighted by atomic mass is 10.0. The second kappa shape index (κ2) is 10.2. The van der Waals surface area contributed by atoms with Gasteiger partial charge in [-0.3, -0.25) is 23.5 Å². The smallest absolute Gasteiger partial charge is 0.378 e. The van der Waals surface area contributed by atoms with Crippen LogP contribution < -0.4 is 5.32 Å². The molecule has 3 heterocycles. The van der Waals surface area contributed by atoms with Crippen LogP contribution in [0.1, 0.15) is 31.5 Å². The number of fused-ring (bicyclic) bond motifs is 1. The summed E-state index contributed by atoms with van der Waals surface area (Å²) < 4.78 is 17.5. The molecule has 0 bridgehead atoms. The summed E-state index contributed by atoms with van der Waals surface area (Å²) in [4.78, 5) is 60.6. The fourth-order valence-corrected chi connectivity index (χ4v) is 6.39. The molecule has 180 valence electrons. The maximum atomic E-state index is 13.1. The fraction of sp³-hybridized carbons (Fsp3) is 0.474. The largest absolute Gasteiger partial charge is 0.539 e. The molecule has 3 rings (SSSR count). The van der Waals surface area contributed by atoms with Gasteiger partial charge in [-0.2, -0.15) is 0 Å². The van der Waals surface area contributed by atoms with Crippen LogP contribution in [0.2, 0.25) is 0 Å². The maximum absolute atomic E-state index is 13.1. The van der Waals surface area contributed by atoms with Gasteiger partial charge in [-0.15, -0.1) is 11.3 Å². The average Bonchev–Trinajstić information content (AvgIpc) is 3.21. The standard InChI is InChI=1S/C19H20BIN4O7S2/c1-8(26)19(3,4)32-24-12(11-6-33-9(2)22-11)15(27)23-13-16(28)25-14(18(29)31-20)10(5-21)7-34(30)17(13)25/h6,13,17H,5,7H2,1-4H3,(H,23,27)/b24-12+/t13-,17-,34?/m1/s1. The van der Waals surface area contributed by atoms with Crippen LogP contribution >= 0.6 is 33.9 Å². The minimum atomic E-state index is -1.59. The summed E-state index contributed by atoms with van der Waals surface area (Å²) in [7, 11) is 3.42. The zero-order valence-electron chi connectivity index (χ0n) is 18.6. The third-order valence-corrected chi connectivity index (χ3v) is 8.59. The van der Waals surface area contributed by atoms with E-state index in [1.54, 1.807) is 12.3 Å². The van der Waals surface area contributed by atoms with Gasteiger partial charge in [-0.1, -0.05) is 27.7 Å². The summed E-state index contributed by atoms with van der Waals surface area (Å²) in [6.07, 6.45) is 0. The number of oxime groups is 1. The monoisotopic (exact) mass is 618 g/mol. The number of hydrogen-bond acceptors (Lipinski definition) is 10. The number of β-lactam (4-membered cyclic amide) rings is 1. The highest BCUT2D eigenvalue weighted by molar-refractivity contribution is 14.1. The summed E-state index contributed by atoms with van der Waals surface area (Å²) in [6.45, 7) is 6.05. The number of Topliss-reactive ketones (excluding diaryl/α,β-unsaturated/α-hetero) is 1. The van der Waals surface area contributed by atoms with E-state index in [9.17, 15) is 23.4 Å². The molecule has 1 saturated heterocycles. The van der Waals surface area contributed by atoms with Gasteiger partial charge in [-0.25, -0.2) is 9.78 Å². The van der Waals surface area contributed by atoms with Gasteiger partial charge >= 0.3 is 14.0 Å². The highest BCUT2D eigenvalue weighted by Gasteiger charge is 2.57. The molecule has 1 aromatic heterocycles. The van der Waals surface area contributed by atoms with E-state index in [0.717, 1.165) is 4.90 Å². The van der Waals surface area contributed by atoms with Crippen molar-refractivity contribution in [1.29, 1.82) is 0 Å². The zero-order valence-corrected chi connectivity index (χ0v) is 22.4. The van der Waals surface area contributed by atoms with Gasteiger partial charge in [0.15, 0.2) is 17.1 Å². The van der Waals surface area contributed by atoms with Crippen LogP contribution in [0.4, 0.5) is 0 Å². The molecule has 1 N–H and O–H groups in total. The van der Waals surface area contributed by atoms with E-state index in [1.165, 1.54) is 32.1 Å². The Morgan fingerprint density at radius 1 is 1.44 bits per heavy atom. The van der Waals surface area contributed by atoms with Crippen molar-refractivity contribution in [3.05, 3.63) is 27.4 Å². The van der Waals surface area contributed by atoms with Crippen LogP contribution in [-0.4, -0.2) is 78.6 Å². The predicted molar refractivity (Wildman–Crippen MR) is 133 cm³/mol. The molecule has 0 aliphatic carbocycles. The summed E-state index contributed by atoms with van der Waals surface area (Å²) in [6, 6.07) is -1.18. The van der Waals surface area contributed by atoms with Gasteiger partial charge in [0.2, 0.25) is 0 Å². The maximum Gasteiger partial charge on any atom is 0.378 e. The minimum absolute atomic E-state index is 0.0241. The third kappa shape index (κ3) is 4.95. The Balaban J connectivity index is 1.89. The third-order valence-electron chi connectivity index (χ3n) is 5.24. The van der Waals surface area contributed by atoms with Crippen LogP contribution in [0, 0.1) is 6.92 Å². The number of aryl methyl sites for hydroxylation is 1. The topological polar surface area (TPSA) is 144 Å². The van der Waals surface area contributed by atoms with E-state index in [4.69, 9.17) is 12.9 Å². The molecule has 2 aliphatic rings. The van der Waals surface area contributed by atoms with Crippen LogP contribution in [0.5, 0.6) is 0 Å². The molecule has 1 unspecified atom stereocenters. The van der Waals surface area contributed by atoms with E-state index in [2.05, 4.69) is 20.1 Å². The molecule has 2 amide bonds. The van der Waals surface area contributed by atoms with E-state index in [0.29, 0.717) is 15.0 Å². The number of carbonyl (C=O) groups excluding carboxylic acids is 4. The number of thiazole rings is 1. The summed E-state index contributed by atoms with van der Waals surface area (Å²) in [5.41, 5.74) is -0.969. The first kappa shape index (κ1) is 26.5. The molecule has 3 atom stereocenters. The Morgan fingerprint density at radius 3 is 2.65 bits per heavy atom. The van der Waals surface area contributed by atoms with Crippen LogP contribution in [0.25, 0.3) is 0 Å². The van der Waals surface area contributed by atoms with Crippen LogP contribution in [0.3, 0.4) is 0 Å². The average molecular weight is 618 g/mol. The predicted octanol–water partition coefficient (Wildman–Crippen LogP) is 0.271. The van der Waals surface area contributed by atoms with Crippen LogP contribution in [-0.2, 0) is 39.5 Å². The molecule has 0 saturated carbocycles. The normalized spacial score (nSPS) is 22.6. The first-order valence-corrected chi connectivity index (χ1v) is 13.6. The number of carbonyl (C=O) groups is 4. The van der Waals surface area contributed by atoms with E-state index >= 15 is 0 Å². The van der Waals surface area contributed by atoms with Crippen molar-refractivity contribution < 1.29 is 32.9 Å². The van der Waals surface area contributed by atoms with E-state index in [-0.39, 0.29) is 28.6 Å². The second-order valence-electron chi connectivity index (χ2n) is 7.92. The molecule has 0 spiro atoms. The van der Waals surface area contributed by atoms with Gasteiger partial charge in [0, 0.05) is 9.81 Å². The Morgan fingerprint density at radius 2 is 2.12 bits per heavy atom. The Hall–Kier alpha value is -2.14. The Bertz CT molecular complexity index is 1150. The van der Waals surface area contributed by atoms with Gasteiger partial charge in [0.25, 0.3) is 11.8 Å². The zero-order chi connectivity index (χ0) is 25.4.